The Labute approximate surface area is 85.3 Å². The summed E-state index contributed by atoms with van der Waals surface area (Å²) in [5.74, 6) is 0.451. The molecule has 2 heterocycles. The first-order valence-electron chi connectivity index (χ1n) is 4.34. The summed E-state index contributed by atoms with van der Waals surface area (Å²) >= 11 is 5.79. The van der Waals surface area contributed by atoms with Crippen LogP contribution in [0.25, 0.3) is 0 Å². The molecule has 0 bridgehead atoms. The number of aliphatic hydroxyl groups is 1. The molecule has 1 unspecified atom stereocenters. The van der Waals surface area contributed by atoms with E-state index in [1.165, 1.54) is 6.33 Å². The average molecular weight is 216 g/mol. The summed E-state index contributed by atoms with van der Waals surface area (Å²) in [5, 5.41) is 9.41. The second kappa shape index (κ2) is 3.59. The van der Waals surface area contributed by atoms with Gasteiger partial charge in [0, 0.05) is 13.1 Å². The van der Waals surface area contributed by atoms with Crippen LogP contribution in [-0.4, -0.2) is 34.3 Å². The van der Waals surface area contributed by atoms with Crippen LogP contribution in [0.5, 0.6) is 0 Å². The topological polar surface area (TPSA) is 69.2 Å². The number of aromatic nitrogens is 2. The second-order valence-corrected chi connectivity index (χ2v) is 3.64. The zero-order valence-electron chi connectivity index (χ0n) is 7.40. The van der Waals surface area contributed by atoms with Crippen LogP contribution in [0.3, 0.4) is 0 Å². The molecule has 1 atom stereocenters. The molecule has 1 aromatic rings. The Morgan fingerprint density at radius 3 is 3.14 bits per heavy atom. The lowest BCUT2D eigenvalue weighted by Crippen LogP contribution is -2.25. The lowest BCUT2D eigenvalue weighted by Gasteiger charge is -2.16. The highest BCUT2D eigenvalue weighted by atomic mass is 35.5. The van der Waals surface area contributed by atoms with Crippen LogP contribution in [0.4, 0.5) is 5.82 Å². The van der Waals surface area contributed by atoms with E-state index in [0.717, 1.165) is 0 Å². The summed E-state index contributed by atoms with van der Waals surface area (Å²) in [6, 6.07) is 0. The summed E-state index contributed by atoms with van der Waals surface area (Å²) in [7, 11) is 0. The van der Waals surface area contributed by atoms with Crippen LogP contribution < -0.4 is 10.5 Å². The third kappa shape index (κ3) is 1.60. The third-order valence-corrected chi connectivity index (χ3v) is 2.58. The van der Waals surface area contributed by atoms with E-state index in [1.807, 2.05) is 4.90 Å². The van der Waals surface area contributed by atoms with Crippen molar-refractivity contribution in [3.63, 3.8) is 0 Å². The molecule has 1 aliphatic heterocycles. The summed E-state index contributed by atoms with van der Waals surface area (Å²) in [6.07, 6.45) is 1.64. The Morgan fingerprint density at radius 2 is 2.50 bits per heavy atom. The molecular formula is C8H10ClN3O2. The van der Waals surface area contributed by atoms with Gasteiger partial charge in [0.15, 0.2) is 5.82 Å². The van der Waals surface area contributed by atoms with E-state index in [1.54, 1.807) is 0 Å². The molecule has 5 nitrogen and oxygen atoms in total. The first kappa shape index (κ1) is 9.48. The number of β-amino-alcohol motifs (C(OH)–C–C–N with tert-alkyl or cyclic N) is 1. The van der Waals surface area contributed by atoms with Crippen molar-refractivity contribution in [2.24, 2.45) is 0 Å². The molecule has 2 N–H and O–H groups in total. The van der Waals surface area contributed by atoms with Crippen molar-refractivity contribution in [1.82, 2.24) is 9.97 Å². The molecule has 0 radical (unpaired) electrons. The van der Waals surface area contributed by atoms with Gasteiger partial charge in [0.25, 0.3) is 5.56 Å². The molecule has 1 saturated heterocycles. The van der Waals surface area contributed by atoms with Crippen LogP contribution >= 0.6 is 11.6 Å². The van der Waals surface area contributed by atoms with Crippen molar-refractivity contribution in [1.29, 1.82) is 0 Å². The fraction of sp³-hybridized carbons (Fsp3) is 0.500. The molecule has 6 heteroatoms. The molecule has 76 valence electrons. The third-order valence-electron chi connectivity index (χ3n) is 2.24. The standard InChI is InChI=1S/C8H10ClN3O2/c9-6-7(10-4-11-8(6)14)12-2-1-5(13)3-12/h4-5,13H,1-3H2,(H,10,11,14). The van der Waals surface area contributed by atoms with Crippen molar-refractivity contribution < 1.29 is 5.11 Å². The fourth-order valence-electron chi connectivity index (χ4n) is 1.53. The highest BCUT2D eigenvalue weighted by Gasteiger charge is 2.23. The second-order valence-electron chi connectivity index (χ2n) is 3.26. The van der Waals surface area contributed by atoms with Crippen molar-refractivity contribution in [3.8, 4) is 0 Å². The maximum absolute atomic E-state index is 11.2. The van der Waals surface area contributed by atoms with Crippen molar-refractivity contribution in [2.45, 2.75) is 12.5 Å². The van der Waals surface area contributed by atoms with E-state index in [-0.39, 0.29) is 16.7 Å². The zero-order chi connectivity index (χ0) is 10.1. The SMILES string of the molecule is O=c1[nH]cnc(N2CCC(O)C2)c1Cl. The maximum atomic E-state index is 11.2. The summed E-state index contributed by atoms with van der Waals surface area (Å²) in [6.45, 7) is 1.16. The van der Waals surface area contributed by atoms with E-state index >= 15 is 0 Å². The van der Waals surface area contributed by atoms with Gasteiger partial charge in [-0.15, -0.1) is 0 Å². The summed E-state index contributed by atoms with van der Waals surface area (Å²) in [5.41, 5.74) is -0.349. The number of halogens is 1. The van der Waals surface area contributed by atoms with Gasteiger partial charge in [-0.1, -0.05) is 11.6 Å². The average Bonchev–Trinajstić information content (AvgIpc) is 2.57. The van der Waals surface area contributed by atoms with Gasteiger partial charge in [-0.05, 0) is 6.42 Å². The predicted octanol–water partition coefficient (Wildman–Crippen LogP) is -0.00570. The smallest absolute Gasteiger partial charge is 0.271 e. The molecule has 0 amide bonds. The Kier molecular flexibility index (Phi) is 2.43. The Morgan fingerprint density at radius 1 is 1.71 bits per heavy atom. The number of aromatic amines is 1. The van der Waals surface area contributed by atoms with Gasteiger partial charge in [0.2, 0.25) is 0 Å². The molecule has 2 rings (SSSR count). The number of nitrogens with one attached hydrogen (secondary N) is 1. The molecule has 14 heavy (non-hydrogen) atoms. The molecule has 0 aliphatic carbocycles. The van der Waals surface area contributed by atoms with E-state index in [9.17, 15) is 9.90 Å². The normalized spacial score (nSPS) is 21.6. The lowest BCUT2D eigenvalue weighted by molar-refractivity contribution is 0.198. The van der Waals surface area contributed by atoms with Crippen molar-refractivity contribution >= 4 is 17.4 Å². The molecule has 1 aliphatic rings. The Hall–Kier alpha value is -1.07. The van der Waals surface area contributed by atoms with Crippen LogP contribution in [0.2, 0.25) is 5.02 Å². The van der Waals surface area contributed by atoms with Crippen LogP contribution in [0, 0.1) is 0 Å². The Bertz CT molecular complexity index is 392. The van der Waals surface area contributed by atoms with Crippen LogP contribution in [0.15, 0.2) is 11.1 Å². The molecule has 0 saturated carbocycles. The van der Waals surface area contributed by atoms with Crippen LogP contribution in [-0.2, 0) is 0 Å². The number of rotatable bonds is 1. The van der Waals surface area contributed by atoms with Gasteiger partial charge in [0.1, 0.15) is 5.02 Å². The summed E-state index contributed by atoms with van der Waals surface area (Å²) < 4.78 is 0. The fourth-order valence-corrected chi connectivity index (χ4v) is 1.75. The van der Waals surface area contributed by atoms with Crippen molar-refractivity contribution in [2.75, 3.05) is 18.0 Å². The van der Waals surface area contributed by atoms with Crippen LogP contribution in [0.1, 0.15) is 6.42 Å². The molecule has 0 aromatic carbocycles. The first-order chi connectivity index (χ1) is 6.68. The summed E-state index contributed by atoms with van der Waals surface area (Å²) in [4.78, 5) is 19.3. The van der Waals surface area contributed by atoms with E-state index in [0.29, 0.717) is 25.3 Å². The quantitative estimate of drug-likeness (QED) is 0.692. The molecule has 0 spiro atoms. The number of aliphatic hydroxyl groups excluding tert-OH is 1. The molecular weight excluding hydrogens is 206 g/mol. The molecule has 1 aromatic heterocycles. The molecule has 1 fully saturated rings. The van der Waals surface area contributed by atoms with Gasteiger partial charge in [-0.2, -0.15) is 0 Å². The highest BCUT2D eigenvalue weighted by molar-refractivity contribution is 6.32. The largest absolute Gasteiger partial charge is 0.391 e. The van der Waals surface area contributed by atoms with E-state index in [4.69, 9.17) is 11.6 Å². The zero-order valence-corrected chi connectivity index (χ0v) is 8.16. The predicted molar refractivity (Wildman–Crippen MR) is 52.7 cm³/mol. The van der Waals surface area contributed by atoms with Crippen molar-refractivity contribution in [3.05, 3.63) is 21.7 Å². The Balaban J connectivity index is 2.33. The lowest BCUT2D eigenvalue weighted by atomic mass is 10.3. The minimum absolute atomic E-state index is 0.0848. The van der Waals surface area contributed by atoms with Gasteiger partial charge >= 0.3 is 0 Å². The number of nitrogens with zero attached hydrogens (tertiary/aromatic N) is 2. The number of hydrogen-bond donors (Lipinski definition) is 2. The van der Waals surface area contributed by atoms with Gasteiger partial charge < -0.3 is 15.0 Å². The minimum Gasteiger partial charge on any atom is -0.391 e. The maximum Gasteiger partial charge on any atom is 0.271 e. The highest BCUT2D eigenvalue weighted by Crippen LogP contribution is 2.22. The number of H-pyrrole nitrogens is 1. The van der Waals surface area contributed by atoms with Gasteiger partial charge in [0.05, 0.1) is 12.4 Å². The van der Waals surface area contributed by atoms with Gasteiger partial charge in [-0.3, -0.25) is 4.79 Å². The number of hydrogen-bond acceptors (Lipinski definition) is 4. The first-order valence-corrected chi connectivity index (χ1v) is 4.72. The van der Waals surface area contributed by atoms with E-state index < -0.39 is 0 Å². The monoisotopic (exact) mass is 215 g/mol. The van der Waals surface area contributed by atoms with E-state index in [2.05, 4.69) is 9.97 Å². The minimum atomic E-state index is -0.354. The number of anilines is 1. The van der Waals surface area contributed by atoms with Gasteiger partial charge in [-0.25, -0.2) is 4.98 Å².